The van der Waals surface area contributed by atoms with E-state index in [0.29, 0.717) is 5.69 Å². The number of nitrogen functional groups attached to an aromatic ring is 1. The number of likely N-dealkylation sites (N-methyl/N-ethyl adjacent to an activating group) is 1. The van der Waals surface area contributed by atoms with Crippen LogP contribution in [-0.4, -0.2) is 43.2 Å². The van der Waals surface area contributed by atoms with Gasteiger partial charge in [-0.15, -0.1) is 0 Å². The zero-order chi connectivity index (χ0) is 15.2. The van der Waals surface area contributed by atoms with Crippen LogP contribution >= 0.6 is 0 Å². The third kappa shape index (κ3) is 4.72. The van der Waals surface area contributed by atoms with Gasteiger partial charge in [0.25, 0.3) is 0 Å². The third-order valence-corrected chi connectivity index (χ3v) is 3.96. The maximum atomic E-state index is 12.3. The maximum Gasteiger partial charge on any atom is 0.241 e. The van der Waals surface area contributed by atoms with Crippen LogP contribution in [0.15, 0.2) is 24.3 Å². The number of carbonyl (C=O) groups is 1. The van der Waals surface area contributed by atoms with E-state index in [4.69, 9.17) is 10.5 Å². The van der Waals surface area contributed by atoms with Gasteiger partial charge in [-0.25, -0.2) is 0 Å². The Hall–Kier alpha value is -1.59. The molecule has 1 amide bonds. The molecule has 1 aromatic rings. The van der Waals surface area contributed by atoms with Crippen molar-refractivity contribution in [2.45, 2.75) is 38.3 Å². The van der Waals surface area contributed by atoms with Crippen molar-refractivity contribution in [3.05, 3.63) is 24.3 Å². The number of anilines is 2. The number of hydrogen-bond donors (Lipinski definition) is 2. The molecule has 0 spiro atoms. The summed E-state index contributed by atoms with van der Waals surface area (Å²) in [6.45, 7) is 3.53. The van der Waals surface area contributed by atoms with Crippen molar-refractivity contribution in [3.63, 3.8) is 0 Å². The predicted octanol–water partition coefficient (Wildman–Crippen LogP) is 2.10. The van der Waals surface area contributed by atoms with E-state index in [1.807, 2.05) is 31.0 Å². The van der Waals surface area contributed by atoms with E-state index in [0.717, 1.165) is 31.7 Å². The van der Waals surface area contributed by atoms with Gasteiger partial charge in [-0.1, -0.05) is 6.07 Å². The number of carbonyl (C=O) groups excluding carboxylic acids is 1. The van der Waals surface area contributed by atoms with Gasteiger partial charge >= 0.3 is 0 Å². The molecule has 3 N–H and O–H groups in total. The SMILES string of the molecule is CC(C(=O)Nc1cccc(N)c1)N(C)CC1CCCCO1. The van der Waals surface area contributed by atoms with E-state index in [1.54, 1.807) is 12.1 Å². The molecule has 1 aliphatic rings. The second-order valence-corrected chi connectivity index (χ2v) is 5.72. The summed E-state index contributed by atoms with van der Waals surface area (Å²) in [5, 5.41) is 2.90. The number of amides is 1. The molecule has 116 valence electrons. The van der Waals surface area contributed by atoms with E-state index in [1.165, 1.54) is 6.42 Å². The van der Waals surface area contributed by atoms with Crippen LogP contribution in [0.3, 0.4) is 0 Å². The zero-order valence-electron chi connectivity index (χ0n) is 12.8. The predicted molar refractivity (Wildman–Crippen MR) is 85.2 cm³/mol. The molecule has 2 atom stereocenters. The van der Waals surface area contributed by atoms with Crippen molar-refractivity contribution >= 4 is 17.3 Å². The molecule has 0 aromatic heterocycles. The molecule has 1 aliphatic heterocycles. The summed E-state index contributed by atoms with van der Waals surface area (Å²) in [7, 11) is 1.96. The van der Waals surface area contributed by atoms with Gasteiger partial charge in [0.2, 0.25) is 5.91 Å². The molecule has 5 nitrogen and oxygen atoms in total. The smallest absolute Gasteiger partial charge is 0.241 e. The summed E-state index contributed by atoms with van der Waals surface area (Å²) >= 11 is 0. The van der Waals surface area contributed by atoms with Crippen LogP contribution in [-0.2, 0) is 9.53 Å². The molecule has 2 rings (SSSR count). The molecular formula is C16H25N3O2. The zero-order valence-corrected chi connectivity index (χ0v) is 12.8. The van der Waals surface area contributed by atoms with Crippen LogP contribution in [0.2, 0.25) is 0 Å². The van der Waals surface area contributed by atoms with Crippen LogP contribution in [0.25, 0.3) is 0 Å². The Morgan fingerprint density at radius 3 is 3.00 bits per heavy atom. The van der Waals surface area contributed by atoms with E-state index >= 15 is 0 Å². The Labute approximate surface area is 126 Å². The summed E-state index contributed by atoms with van der Waals surface area (Å²) < 4.78 is 5.72. The van der Waals surface area contributed by atoms with Crippen LogP contribution in [0.4, 0.5) is 11.4 Å². The minimum Gasteiger partial charge on any atom is -0.399 e. The molecule has 0 bridgehead atoms. The minimum atomic E-state index is -0.211. The lowest BCUT2D eigenvalue weighted by atomic mass is 10.1. The Bertz CT molecular complexity index is 472. The fraction of sp³-hybridized carbons (Fsp3) is 0.562. The average Bonchev–Trinajstić information content (AvgIpc) is 2.47. The molecule has 1 heterocycles. The fourth-order valence-electron chi connectivity index (χ4n) is 2.49. The monoisotopic (exact) mass is 291 g/mol. The average molecular weight is 291 g/mol. The third-order valence-electron chi connectivity index (χ3n) is 3.96. The maximum absolute atomic E-state index is 12.3. The number of nitrogens with one attached hydrogen (secondary N) is 1. The van der Waals surface area contributed by atoms with Crippen LogP contribution < -0.4 is 11.1 Å². The Morgan fingerprint density at radius 2 is 2.33 bits per heavy atom. The van der Waals surface area contributed by atoms with Gasteiger partial charge in [0.1, 0.15) is 0 Å². The second kappa shape index (κ2) is 7.43. The summed E-state index contributed by atoms with van der Waals surface area (Å²) in [6, 6.07) is 7.01. The number of nitrogens with two attached hydrogens (primary N) is 1. The molecule has 1 fully saturated rings. The first-order valence-corrected chi connectivity index (χ1v) is 7.54. The highest BCUT2D eigenvalue weighted by atomic mass is 16.5. The molecule has 0 aliphatic carbocycles. The molecule has 0 saturated carbocycles. The summed E-state index contributed by atoms with van der Waals surface area (Å²) in [5.41, 5.74) is 7.09. The van der Waals surface area contributed by atoms with Crippen LogP contribution in [0, 0.1) is 0 Å². The molecule has 2 unspecified atom stereocenters. The minimum absolute atomic E-state index is 0.0288. The first kappa shape index (κ1) is 15.8. The first-order valence-electron chi connectivity index (χ1n) is 7.54. The van der Waals surface area contributed by atoms with E-state index in [9.17, 15) is 4.79 Å². The first-order chi connectivity index (χ1) is 10.1. The summed E-state index contributed by atoms with van der Waals surface area (Å²) in [6.07, 6.45) is 3.67. The van der Waals surface area contributed by atoms with Crippen molar-refractivity contribution in [2.24, 2.45) is 0 Å². The number of benzene rings is 1. The second-order valence-electron chi connectivity index (χ2n) is 5.72. The summed E-state index contributed by atoms with van der Waals surface area (Å²) in [4.78, 5) is 14.3. The number of hydrogen-bond acceptors (Lipinski definition) is 4. The quantitative estimate of drug-likeness (QED) is 0.815. The van der Waals surface area contributed by atoms with Crippen molar-refractivity contribution < 1.29 is 9.53 Å². The van der Waals surface area contributed by atoms with E-state index < -0.39 is 0 Å². The molecule has 5 heteroatoms. The topological polar surface area (TPSA) is 67.6 Å². The van der Waals surface area contributed by atoms with Crippen molar-refractivity contribution in [1.82, 2.24) is 4.90 Å². The Kier molecular flexibility index (Phi) is 5.59. The number of rotatable bonds is 5. The standard InChI is InChI=1S/C16H25N3O2/c1-12(19(2)11-15-8-3-4-9-21-15)16(20)18-14-7-5-6-13(17)10-14/h5-7,10,12,15H,3-4,8-9,11,17H2,1-2H3,(H,18,20). The highest BCUT2D eigenvalue weighted by Gasteiger charge is 2.22. The molecule has 1 saturated heterocycles. The molecule has 1 aromatic carbocycles. The van der Waals surface area contributed by atoms with Gasteiger partial charge in [-0.05, 0) is 51.4 Å². The largest absolute Gasteiger partial charge is 0.399 e. The van der Waals surface area contributed by atoms with Crippen LogP contribution in [0.5, 0.6) is 0 Å². The Morgan fingerprint density at radius 1 is 1.52 bits per heavy atom. The lowest BCUT2D eigenvalue weighted by Gasteiger charge is -2.30. The van der Waals surface area contributed by atoms with Gasteiger partial charge in [-0.2, -0.15) is 0 Å². The molecule has 21 heavy (non-hydrogen) atoms. The normalized spacial score (nSPS) is 20.2. The fourth-order valence-corrected chi connectivity index (χ4v) is 2.49. The van der Waals surface area contributed by atoms with Gasteiger partial charge < -0.3 is 15.8 Å². The van der Waals surface area contributed by atoms with Crippen molar-refractivity contribution in [2.75, 3.05) is 31.2 Å². The van der Waals surface area contributed by atoms with Gasteiger partial charge in [0.15, 0.2) is 0 Å². The number of ether oxygens (including phenoxy) is 1. The van der Waals surface area contributed by atoms with Crippen molar-refractivity contribution in [3.8, 4) is 0 Å². The van der Waals surface area contributed by atoms with Gasteiger partial charge in [-0.3, -0.25) is 9.69 Å². The van der Waals surface area contributed by atoms with Crippen molar-refractivity contribution in [1.29, 1.82) is 0 Å². The van der Waals surface area contributed by atoms with Crippen LogP contribution in [0.1, 0.15) is 26.2 Å². The number of nitrogens with zero attached hydrogens (tertiary/aromatic N) is 1. The van der Waals surface area contributed by atoms with E-state index in [2.05, 4.69) is 5.32 Å². The molecule has 0 radical (unpaired) electrons. The van der Waals surface area contributed by atoms with Gasteiger partial charge in [0.05, 0.1) is 12.1 Å². The Balaban J connectivity index is 1.85. The molecular weight excluding hydrogens is 266 g/mol. The summed E-state index contributed by atoms with van der Waals surface area (Å²) in [5.74, 6) is -0.0288. The highest BCUT2D eigenvalue weighted by molar-refractivity contribution is 5.94. The van der Waals surface area contributed by atoms with Gasteiger partial charge in [0, 0.05) is 24.5 Å². The van der Waals surface area contributed by atoms with E-state index in [-0.39, 0.29) is 18.1 Å². The lowest BCUT2D eigenvalue weighted by Crippen LogP contribution is -2.44. The lowest BCUT2D eigenvalue weighted by molar-refractivity contribution is -0.121. The highest BCUT2D eigenvalue weighted by Crippen LogP contribution is 2.16.